The van der Waals surface area contributed by atoms with Crippen molar-refractivity contribution in [1.82, 2.24) is 4.98 Å². The summed E-state index contributed by atoms with van der Waals surface area (Å²) in [5.74, 6) is 0. The predicted octanol–water partition coefficient (Wildman–Crippen LogP) is -0.727. The first-order chi connectivity index (χ1) is 6.40. The minimum absolute atomic E-state index is 0. The van der Waals surface area contributed by atoms with Crippen LogP contribution in [0, 0.1) is 0 Å². The summed E-state index contributed by atoms with van der Waals surface area (Å²) >= 11 is 1.65. The molecule has 2 nitrogen and oxygen atoms in total. The van der Waals surface area contributed by atoms with Gasteiger partial charge in [0, 0.05) is 23.2 Å². The van der Waals surface area contributed by atoms with Crippen LogP contribution < -0.4 is 18.1 Å². The molecule has 1 heterocycles. The first-order valence-corrected chi connectivity index (χ1v) is 4.92. The second kappa shape index (κ2) is 5.10. The van der Waals surface area contributed by atoms with E-state index in [0.717, 1.165) is 15.4 Å². The molecule has 0 saturated heterocycles. The number of aromatic nitrogens is 1. The Morgan fingerprint density at radius 2 is 1.93 bits per heavy atom. The highest BCUT2D eigenvalue weighted by molar-refractivity contribution is 7.15. The molecule has 0 fully saturated rings. The van der Waals surface area contributed by atoms with Gasteiger partial charge in [-0.1, -0.05) is 30.3 Å². The molecule has 2 aromatic rings. The molecule has 0 aliphatic carbocycles. The first kappa shape index (κ1) is 11.2. The molecule has 4 heteroatoms. The Balaban J connectivity index is 0.000000980. The molecule has 0 saturated carbocycles. The van der Waals surface area contributed by atoms with Crippen LogP contribution in [0.25, 0.3) is 10.6 Å². The van der Waals surface area contributed by atoms with Crippen molar-refractivity contribution >= 4 is 11.3 Å². The van der Waals surface area contributed by atoms with E-state index in [1.165, 1.54) is 0 Å². The standard InChI is InChI=1S/C10H10N2S.ClH/c11-6-9-7-12-10(13-9)8-4-2-1-3-5-8;/h1-5,7H,6,11H2;1H/p-1. The highest BCUT2D eigenvalue weighted by atomic mass is 35.5. The summed E-state index contributed by atoms with van der Waals surface area (Å²) in [7, 11) is 0. The second-order valence-electron chi connectivity index (χ2n) is 2.70. The maximum absolute atomic E-state index is 5.51. The number of halogens is 1. The largest absolute Gasteiger partial charge is 1.00 e. The van der Waals surface area contributed by atoms with E-state index in [9.17, 15) is 0 Å². The summed E-state index contributed by atoms with van der Waals surface area (Å²) in [4.78, 5) is 5.42. The molecule has 1 aromatic carbocycles. The van der Waals surface area contributed by atoms with Gasteiger partial charge in [0.25, 0.3) is 0 Å². The summed E-state index contributed by atoms with van der Waals surface area (Å²) in [6.07, 6.45) is 1.84. The van der Waals surface area contributed by atoms with Gasteiger partial charge < -0.3 is 18.1 Å². The minimum Gasteiger partial charge on any atom is -1.00 e. The fourth-order valence-electron chi connectivity index (χ4n) is 1.12. The molecule has 74 valence electrons. The first-order valence-electron chi connectivity index (χ1n) is 4.10. The number of hydrogen-bond donors (Lipinski definition) is 1. The van der Waals surface area contributed by atoms with E-state index in [1.54, 1.807) is 11.3 Å². The zero-order valence-corrected chi connectivity index (χ0v) is 9.05. The molecule has 2 N–H and O–H groups in total. The van der Waals surface area contributed by atoms with E-state index >= 15 is 0 Å². The van der Waals surface area contributed by atoms with Gasteiger partial charge in [-0.3, -0.25) is 0 Å². The molecule has 0 unspecified atom stereocenters. The summed E-state index contributed by atoms with van der Waals surface area (Å²) in [5.41, 5.74) is 6.67. The molecular weight excluding hydrogens is 216 g/mol. The fourth-order valence-corrected chi connectivity index (χ4v) is 1.91. The van der Waals surface area contributed by atoms with Crippen molar-refractivity contribution in [3.63, 3.8) is 0 Å². The number of hydrogen-bond acceptors (Lipinski definition) is 3. The van der Waals surface area contributed by atoms with Crippen LogP contribution in [0.3, 0.4) is 0 Å². The number of thiazole rings is 1. The molecular formula is C10H10ClN2S-. The molecule has 0 amide bonds. The summed E-state index contributed by atoms with van der Waals surface area (Å²) in [6.45, 7) is 0.574. The van der Waals surface area contributed by atoms with Crippen molar-refractivity contribution in [3.8, 4) is 10.6 Å². The van der Waals surface area contributed by atoms with Crippen LogP contribution in [0.1, 0.15) is 4.88 Å². The second-order valence-corrected chi connectivity index (χ2v) is 3.82. The van der Waals surface area contributed by atoms with Gasteiger partial charge in [0.2, 0.25) is 0 Å². The Morgan fingerprint density at radius 3 is 2.50 bits per heavy atom. The summed E-state index contributed by atoms with van der Waals surface area (Å²) < 4.78 is 0. The lowest BCUT2D eigenvalue weighted by atomic mass is 10.2. The maximum Gasteiger partial charge on any atom is 0.123 e. The third-order valence-corrected chi connectivity index (χ3v) is 2.84. The Bertz CT molecular complexity index is 386. The van der Waals surface area contributed by atoms with Crippen LogP contribution in [-0.2, 0) is 6.54 Å². The van der Waals surface area contributed by atoms with E-state index in [1.807, 2.05) is 24.4 Å². The normalized spacial score (nSPS) is 9.50. The highest BCUT2D eigenvalue weighted by Gasteiger charge is 2.01. The van der Waals surface area contributed by atoms with E-state index in [4.69, 9.17) is 5.73 Å². The van der Waals surface area contributed by atoms with Crippen molar-refractivity contribution in [2.24, 2.45) is 5.73 Å². The van der Waals surface area contributed by atoms with Crippen LogP contribution in [0.2, 0.25) is 0 Å². The van der Waals surface area contributed by atoms with E-state index in [0.29, 0.717) is 6.54 Å². The Hall–Kier alpha value is -0.900. The van der Waals surface area contributed by atoms with Crippen LogP contribution >= 0.6 is 11.3 Å². The molecule has 0 aliphatic heterocycles. The van der Waals surface area contributed by atoms with Crippen molar-refractivity contribution in [1.29, 1.82) is 0 Å². The van der Waals surface area contributed by atoms with Gasteiger partial charge in [0.1, 0.15) is 5.01 Å². The number of benzene rings is 1. The van der Waals surface area contributed by atoms with Gasteiger partial charge in [-0.05, 0) is 0 Å². The van der Waals surface area contributed by atoms with Crippen molar-refractivity contribution < 1.29 is 12.4 Å². The van der Waals surface area contributed by atoms with Gasteiger partial charge in [-0.15, -0.1) is 11.3 Å². The quantitative estimate of drug-likeness (QED) is 0.732. The Labute approximate surface area is 93.2 Å². The lowest BCUT2D eigenvalue weighted by Crippen LogP contribution is -3.00. The lowest BCUT2D eigenvalue weighted by molar-refractivity contribution is -0.00000263. The summed E-state index contributed by atoms with van der Waals surface area (Å²) in [6, 6.07) is 10.1. The van der Waals surface area contributed by atoms with Crippen LogP contribution in [0.15, 0.2) is 36.5 Å². The zero-order chi connectivity index (χ0) is 9.10. The average Bonchev–Trinajstić information content (AvgIpc) is 2.67. The molecule has 0 atom stereocenters. The predicted molar refractivity (Wildman–Crippen MR) is 55.4 cm³/mol. The number of nitrogens with two attached hydrogens (primary N) is 1. The Kier molecular flexibility index (Phi) is 4.07. The SMILES string of the molecule is NCc1cnc(-c2ccccc2)s1.[Cl-]. The van der Waals surface area contributed by atoms with Crippen LogP contribution in [-0.4, -0.2) is 4.98 Å². The van der Waals surface area contributed by atoms with Crippen LogP contribution in [0.4, 0.5) is 0 Å². The van der Waals surface area contributed by atoms with E-state index in [2.05, 4.69) is 17.1 Å². The smallest absolute Gasteiger partial charge is 0.123 e. The lowest BCUT2D eigenvalue weighted by Gasteiger charge is -1.92. The van der Waals surface area contributed by atoms with Gasteiger partial charge in [0.05, 0.1) is 0 Å². The minimum atomic E-state index is 0. The molecule has 14 heavy (non-hydrogen) atoms. The fraction of sp³-hybridized carbons (Fsp3) is 0.100. The van der Waals surface area contributed by atoms with E-state index in [-0.39, 0.29) is 12.4 Å². The van der Waals surface area contributed by atoms with Crippen molar-refractivity contribution in [2.75, 3.05) is 0 Å². The van der Waals surface area contributed by atoms with Gasteiger partial charge >= 0.3 is 0 Å². The molecule has 2 rings (SSSR count). The zero-order valence-electron chi connectivity index (χ0n) is 7.48. The van der Waals surface area contributed by atoms with Gasteiger partial charge in [0.15, 0.2) is 0 Å². The molecule has 0 aliphatic rings. The monoisotopic (exact) mass is 225 g/mol. The van der Waals surface area contributed by atoms with Gasteiger partial charge in [-0.2, -0.15) is 0 Å². The third-order valence-electron chi connectivity index (χ3n) is 1.78. The highest BCUT2D eigenvalue weighted by Crippen LogP contribution is 2.24. The van der Waals surface area contributed by atoms with Gasteiger partial charge in [-0.25, -0.2) is 4.98 Å². The van der Waals surface area contributed by atoms with Crippen molar-refractivity contribution in [2.45, 2.75) is 6.54 Å². The number of nitrogens with zero attached hydrogens (tertiary/aromatic N) is 1. The summed E-state index contributed by atoms with van der Waals surface area (Å²) in [5, 5.41) is 1.04. The molecule has 0 bridgehead atoms. The molecule has 0 radical (unpaired) electrons. The topological polar surface area (TPSA) is 38.9 Å². The van der Waals surface area contributed by atoms with Crippen LogP contribution in [0.5, 0.6) is 0 Å². The maximum atomic E-state index is 5.51. The molecule has 0 spiro atoms. The van der Waals surface area contributed by atoms with E-state index < -0.39 is 0 Å². The van der Waals surface area contributed by atoms with Crippen molar-refractivity contribution in [3.05, 3.63) is 41.4 Å². The third kappa shape index (κ3) is 2.32. The Morgan fingerprint density at radius 1 is 1.21 bits per heavy atom. The molecule has 1 aromatic heterocycles. The average molecular weight is 226 g/mol. The number of rotatable bonds is 2.